The number of ether oxygens (including phenoxy) is 2. The summed E-state index contributed by atoms with van der Waals surface area (Å²) in [7, 11) is -4.42. The Labute approximate surface area is 351 Å². The number of carbonyl (C=O) groups is 2. The first-order valence-corrected chi connectivity index (χ1v) is 22.9. The number of allylic oxidation sites excluding steroid dienone is 18. The Hall–Kier alpha value is -3.37. The average Bonchev–Trinajstić information content (AvgIpc) is 3.20. The smallest absolute Gasteiger partial charge is 0.462 e. The summed E-state index contributed by atoms with van der Waals surface area (Å²) in [6, 6.07) is 0. The molecule has 4 N–H and O–H groups in total. The normalized spacial score (nSPS) is 14.9. The van der Waals surface area contributed by atoms with Gasteiger partial charge in [0.05, 0.1) is 19.3 Å². The molecule has 0 saturated carbocycles. The largest absolute Gasteiger partial charge is 0.472 e. The number of hydrogen-bond acceptors (Lipinski definition) is 9. The van der Waals surface area contributed by atoms with Gasteiger partial charge in [0.1, 0.15) is 6.61 Å². The summed E-state index contributed by atoms with van der Waals surface area (Å²) in [4.78, 5) is 34.8. The number of esters is 2. The molecule has 0 saturated heterocycles. The third-order valence-electron chi connectivity index (χ3n) is 8.16. The molecule has 58 heavy (non-hydrogen) atoms. The Kier molecular flexibility index (Phi) is 39.4. The van der Waals surface area contributed by atoms with Crippen LogP contribution in [0.15, 0.2) is 109 Å². The van der Waals surface area contributed by atoms with Crippen molar-refractivity contribution in [2.45, 2.75) is 148 Å². The van der Waals surface area contributed by atoms with Crippen LogP contribution in [0.1, 0.15) is 136 Å². The molecular formula is C47H76NO9P. The molecule has 0 heterocycles. The maximum absolute atomic E-state index is 12.5. The number of unbranched alkanes of at least 4 members (excludes halogenated alkanes) is 5. The minimum Gasteiger partial charge on any atom is -0.462 e. The summed E-state index contributed by atoms with van der Waals surface area (Å²) < 4.78 is 32.6. The van der Waals surface area contributed by atoms with Crippen LogP contribution in [0.25, 0.3) is 0 Å². The van der Waals surface area contributed by atoms with Crippen molar-refractivity contribution in [1.82, 2.24) is 0 Å². The quantitative estimate of drug-likeness (QED) is 0.0237. The number of aliphatic hydroxyl groups is 1. The average molecular weight is 830 g/mol. The summed E-state index contributed by atoms with van der Waals surface area (Å²) >= 11 is 0. The molecule has 0 aromatic heterocycles. The fraction of sp³-hybridized carbons (Fsp3) is 0.574. The summed E-state index contributed by atoms with van der Waals surface area (Å²) in [5.74, 6) is -1.02. The lowest BCUT2D eigenvalue weighted by atomic mass is 10.1. The van der Waals surface area contributed by atoms with E-state index < -0.39 is 32.5 Å². The number of phosphoric acid groups is 1. The van der Waals surface area contributed by atoms with Gasteiger partial charge in [0.2, 0.25) is 0 Å². The lowest BCUT2D eigenvalue weighted by Gasteiger charge is -2.19. The van der Waals surface area contributed by atoms with Crippen molar-refractivity contribution in [3.63, 3.8) is 0 Å². The van der Waals surface area contributed by atoms with Crippen LogP contribution < -0.4 is 5.73 Å². The minimum absolute atomic E-state index is 0.0236. The van der Waals surface area contributed by atoms with Gasteiger partial charge < -0.3 is 25.2 Å². The van der Waals surface area contributed by atoms with E-state index >= 15 is 0 Å². The van der Waals surface area contributed by atoms with Gasteiger partial charge in [-0.1, -0.05) is 129 Å². The maximum atomic E-state index is 12.5. The van der Waals surface area contributed by atoms with Crippen molar-refractivity contribution in [3.8, 4) is 0 Å². The number of nitrogens with two attached hydrogens (primary N) is 1. The summed E-state index contributed by atoms with van der Waals surface area (Å²) in [6.45, 7) is 3.06. The lowest BCUT2D eigenvalue weighted by molar-refractivity contribution is -0.161. The number of carbonyl (C=O) groups excluding carboxylic acids is 2. The molecule has 0 aliphatic heterocycles. The van der Waals surface area contributed by atoms with E-state index in [0.29, 0.717) is 19.3 Å². The summed E-state index contributed by atoms with van der Waals surface area (Å²) in [5.41, 5.74) is 5.33. The van der Waals surface area contributed by atoms with Crippen molar-refractivity contribution in [3.05, 3.63) is 109 Å². The van der Waals surface area contributed by atoms with Crippen LogP contribution in [0.5, 0.6) is 0 Å². The third-order valence-corrected chi connectivity index (χ3v) is 9.15. The highest BCUT2D eigenvalue weighted by Crippen LogP contribution is 2.43. The Morgan fingerprint density at radius 2 is 1.03 bits per heavy atom. The molecule has 0 aliphatic rings. The van der Waals surface area contributed by atoms with E-state index in [4.69, 9.17) is 24.3 Å². The molecule has 0 aromatic rings. The first kappa shape index (κ1) is 54.6. The highest BCUT2D eigenvalue weighted by Gasteiger charge is 2.25. The number of rotatable bonds is 38. The summed E-state index contributed by atoms with van der Waals surface area (Å²) in [5, 5.41) is 9.26. The predicted octanol–water partition coefficient (Wildman–Crippen LogP) is 11.4. The first-order chi connectivity index (χ1) is 28.2. The lowest BCUT2D eigenvalue weighted by Crippen LogP contribution is -2.29. The topological polar surface area (TPSA) is 155 Å². The third kappa shape index (κ3) is 42.2. The molecule has 0 aromatic carbocycles. The molecular weight excluding hydrogens is 753 g/mol. The van der Waals surface area contributed by atoms with Crippen LogP contribution in [0, 0.1) is 0 Å². The van der Waals surface area contributed by atoms with Crippen LogP contribution >= 0.6 is 7.82 Å². The van der Waals surface area contributed by atoms with Crippen molar-refractivity contribution in [1.29, 1.82) is 0 Å². The molecule has 0 radical (unpaired) electrons. The molecule has 0 rings (SSSR count). The standard InChI is InChI=1S/C47H76NO9P/c1-3-4-5-6-7-8-9-10-11-12-13-14-17-21-24-27-30-33-36-39-47(51)57-45(43-56-58(52,53)55-41-40-48)42-54-46(50)38-35-32-29-26-23-20-18-15-16-19-22-25-28-31-34-37-44(2)49/h7-8,10-11,13-14,16,18-21,24-26,28-30,33,44-45,49H,3-6,9,12,15,17,22-23,27,31-32,34-43,48H2,1-2H3,(H,52,53)/b8-7-,11-10-,14-13-,19-16-,20-18-,24-21-,28-25-,29-26-,33-30-/t44-,45-/m1/s1. The fourth-order valence-corrected chi connectivity index (χ4v) is 5.74. The second-order valence-electron chi connectivity index (χ2n) is 13.8. The molecule has 0 fully saturated rings. The van der Waals surface area contributed by atoms with E-state index in [2.05, 4.69) is 98.1 Å². The van der Waals surface area contributed by atoms with Gasteiger partial charge >= 0.3 is 19.8 Å². The van der Waals surface area contributed by atoms with Gasteiger partial charge in [-0.15, -0.1) is 0 Å². The highest BCUT2D eigenvalue weighted by atomic mass is 31.2. The van der Waals surface area contributed by atoms with E-state index in [-0.39, 0.29) is 38.7 Å². The zero-order chi connectivity index (χ0) is 42.6. The van der Waals surface area contributed by atoms with E-state index in [1.54, 1.807) is 0 Å². The monoisotopic (exact) mass is 830 g/mol. The Morgan fingerprint density at radius 1 is 0.586 bits per heavy atom. The second-order valence-corrected chi connectivity index (χ2v) is 15.2. The second kappa shape index (κ2) is 41.8. The highest BCUT2D eigenvalue weighted by molar-refractivity contribution is 7.47. The van der Waals surface area contributed by atoms with E-state index in [1.807, 2.05) is 25.2 Å². The number of phosphoric ester groups is 1. The van der Waals surface area contributed by atoms with Crippen LogP contribution in [0.4, 0.5) is 0 Å². The van der Waals surface area contributed by atoms with Crippen LogP contribution in [-0.2, 0) is 32.7 Å². The van der Waals surface area contributed by atoms with Crippen LogP contribution in [0.3, 0.4) is 0 Å². The van der Waals surface area contributed by atoms with E-state index in [9.17, 15) is 24.2 Å². The summed E-state index contributed by atoms with van der Waals surface area (Å²) in [6.07, 6.45) is 52.7. The van der Waals surface area contributed by atoms with Gasteiger partial charge in [-0.25, -0.2) is 4.57 Å². The molecule has 11 heteroatoms. The molecule has 328 valence electrons. The zero-order valence-corrected chi connectivity index (χ0v) is 36.5. The fourth-order valence-electron chi connectivity index (χ4n) is 4.98. The maximum Gasteiger partial charge on any atom is 0.472 e. The van der Waals surface area contributed by atoms with Crippen molar-refractivity contribution < 1.29 is 42.7 Å². The first-order valence-electron chi connectivity index (χ1n) is 21.4. The molecule has 10 nitrogen and oxygen atoms in total. The van der Waals surface area contributed by atoms with Crippen molar-refractivity contribution >= 4 is 19.8 Å². The van der Waals surface area contributed by atoms with Gasteiger partial charge in [-0.05, 0) is 103 Å². The molecule has 0 bridgehead atoms. The SMILES string of the molecule is CCCCC/C=C\C/C=C\C/C=C\C/C=C\C/C=C\CCC(=O)O[C@H](COC(=O)CCC/C=C\C/C=C\C/C=C\C/C=C\CCC[C@@H](C)O)COP(=O)(O)OCCN. The molecule has 1 unspecified atom stereocenters. The molecule has 3 atom stereocenters. The Bertz CT molecular complexity index is 1330. The van der Waals surface area contributed by atoms with Crippen molar-refractivity contribution in [2.24, 2.45) is 5.73 Å². The van der Waals surface area contributed by atoms with E-state index in [1.165, 1.54) is 25.7 Å². The Balaban J connectivity index is 4.41. The number of aliphatic hydroxyl groups excluding tert-OH is 1. The predicted molar refractivity (Wildman–Crippen MR) is 239 cm³/mol. The van der Waals surface area contributed by atoms with Gasteiger partial charge in [-0.2, -0.15) is 0 Å². The van der Waals surface area contributed by atoms with Crippen LogP contribution in [0.2, 0.25) is 0 Å². The molecule has 0 amide bonds. The van der Waals surface area contributed by atoms with Crippen LogP contribution in [-0.4, -0.2) is 60.5 Å². The van der Waals surface area contributed by atoms with Gasteiger partial charge in [0.25, 0.3) is 0 Å². The Morgan fingerprint density at radius 3 is 1.50 bits per heavy atom. The molecule has 0 aliphatic carbocycles. The van der Waals surface area contributed by atoms with Gasteiger partial charge in [0, 0.05) is 19.4 Å². The minimum atomic E-state index is -4.42. The van der Waals surface area contributed by atoms with E-state index in [0.717, 1.165) is 64.2 Å². The van der Waals surface area contributed by atoms with Crippen molar-refractivity contribution in [2.75, 3.05) is 26.4 Å². The molecule has 0 spiro atoms. The van der Waals surface area contributed by atoms with Gasteiger partial charge in [-0.3, -0.25) is 18.6 Å². The number of hydrogen-bond donors (Lipinski definition) is 3. The zero-order valence-electron chi connectivity index (χ0n) is 35.6. The van der Waals surface area contributed by atoms with Gasteiger partial charge in [0.15, 0.2) is 6.10 Å².